The van der Waals surface area contributed by atoms with Crippen molar-refractivity contribution in [2.24, 2.45) is 5.92 Å². The van der Waals surface area contributed by atoms with Crippen LogP contribution in [0.5, 0.6) is 0 Å². The monoisotopic (exact) mass is 297 g/mol. The van der Waals surface area contributed by atoms with Crippen LogP contribution in [-0.4, -0.2) is 16.6 Å². The Morgan fingerprint density at radius 3 is 2.59 bits per heavy atom. The van der Waals surface area contributed by atoms with E-state index in [1.54, 1.807) is 0 Å². The summed E-state index contributed by atoms with van der Waals surface area (Å²) in [5.41, 5.74) is 1.60. The molecule has 0 aliphatic heterocycles. The van der Waals surface area contributed by atoms with Crippen molar-refractivity contribution in [2.75, 3.05) is 5.32 Å². The van der Waals surface area contributed by atoms with Crippen molar-refractivity contribution in [2.45, 2.75) is 45.1 Å². The average Bonchev–Trinajstić information content (AvgIpc) is 2.46. The Bertz CT molecular complexity index is 621. The van der Waals surface area contributed by atoms with Crippen LogP contribution in [-0.2, 0) is 4.79 Å². The highest BCUT2D eigenvalue weighted by Crippen LogP contribution is 2.37. The fourth-order valence-electron chi connectivity index (χ4n) is 2.98. The predicted molar refractivity (Wildman–Crippen MR) is 89.3 cm³/mol. The standard InChI is InChI=1S/C19H23NO2/c1-14(2)18-6-4-5-12-19(18,22)13-11-16-7-9-17(10-8-16)20-15(3)21/h7-10,18,22H,1,4-6,12H2,2-3H3,(H,20,21). The van der Waals surface area contributed by atoms with E-state index in [0.29, 0.717) is 6.42 Å². The zero-order valence-corrected chi connectivity index (χ0v) is 13.3. The normalized spacial score (nSPS) is 24.0. The Labute approximate surface area is 132 Å². The van der Waals surface area contributed by atoms with E-state index in [-0.39, 0.29) is 11.8 Å². The maximum absolute atomic E-state index is 11.0. The molecular weight excluding hydrogens is 274 g/mol. The SMILES string of the molecule is C=C(C)C1CCCCC1(O)C#Cc1ccc(NC(C)=O)cc1. The first-order valence-electron chi connectivity index (χ1n) is 7.69. The molecule has 0 heterocycles. The number of amides is 1. The van der Waals surface area contributed by atoms with E-state index in [9.17, 15) is 9.90 Å². The van der Waals surface area contributed by atoms with Gasteiger partial charge in [0.05, 0.1) is 0 Å². The fraction of sp³-hybridized carbons (Fsp3) is 0.421. The average molecular weight is 297 g/mol. The molecule has 1 aliphatic rings. The summed E-state index contributed by atoms with van der Waals surface area (Å²) in [6, 6.07) is 7.32. The summed E-state index contributed by atoms with van der Waals surface area (Å²) in [4.78, 5) is 11.0. The highest BCUT2D eigenvalue weighted by molar-refractivity contribution is 5.88. The number of carbonyl (C=O) groups is 1. The largest absolute Gasteiger partial charge is 0.377 e. The smallest absolute Gasteiger partial charge is 0.221 e. The van der Waals surface area contributed by atoms with Gasteiger partial charge in [-0.25, -0.2) is 0 Å². The summed E-state index contributed by atoms with van der Waals surface area (Å²) in [5, 5.41) is 13.6. The number of rotatable bonds is 2. The van der Waals surface area contributed by atoms with Gasteiger partial charge in [-0.05, 0) is 50.5 Å². The first-order chi connectivity index (χ1) is 10.4. The molecule has 0 saturated heterocycles. The molecule has 1 amide bonds. The van der Waals surface area contributed by atoms with Crippen molar-refractivity contribution in [1.82, 2.24) is 0 Å². The van der Waals surface area contributed by atoms with Crippen LogP contribution in [0.3, 0.4) is 0 Å². The first kappa shape index (κ1) is 16.3. The second-order valence-corrected chi connectivity index (χ2v) is 6.08. The maximum Gasteiger partial charge on any atom is 0.221 e. The Balaban J connectivity index is 2.17. The van der Waals surface area contributed by atoms with Gasteiger partial charge in [0.1, 0.15) is 5.60 Å². The molecule has 1 saturated carbocycles. The second-order valence-electron chi connectivity index (χ2n) is 6.08. The van der Waals surface area contributed by atoms with Crippen LogP contribution in [0.2, 0.25) is 0 Å². The minimum absolute atomic E-state index is 0.0485. The molecule has 0 spiro atoms. The van der Waals surface area contributed by atoms with Crippen LogP contribution >= 0.6 is 0 Å². The summed E-state index contributed by atoms with van der Waals surface area (Å²) in [6.07, 6.45) is 3.76. The Hall–Kier alpha value is -2.05. The van der Waals surface area contributed by atoms with Gasteiger partial charge in [-0.3, -0.25) is 4.79 Å². The molecule has 3 heteroatoms. The van der Waals surface area contributed by atoms with E-state index >= 15 is 0 Å². The molecule has 3 nitrogen and oxygen atoms in total. The lowest BCUT2D eigenvalue weighted by atomic mass is 9.72. The van der Waals surface area contributed by atoms with Gasteiger partial charge in [-0.2, -0.15) is 0 Å². The maximum atomic E-state index is 11.0. The minimum atomic E-state index is -0.972. The van der Waals surface area contributed by atoms with Gasteiger partial charge >= 0.3 is 0 Å². The number of hydrogen-bond acceptors (Lipinski definition) is 2. The van der Waals surface area contributed by atoms with Crippen LogP contribution < -0.4 is 5.32 Å². The van der Waals surface area contributed by atoms with Crippen molar-refractivity contribution < 1.29 is 9.90 Å². The van der Waals surface area contributed by atoms with Gasteiger partial charge in [0, 0.05) is 24.1 Å². The van der Waals surface area contributed by atoms with Gasteiger partial charge in [-0.15, -0.1) is 0 Å². The summed E-state index contributed by atoms with van der Waals surface area (Å²) < 4.78 is 0. The van der Waals surface area contributed by atoms with Crippen molar-refractivity contribution in [3.63, 3.8) is 0 Å². The van der Waals surface area contributed by atoms with E-state index in [1.165, 1.54) is 6.92 Å². The van der Waals surface area contributed by atoms with Gasteiger partial charge in [0.25, 0.3) is 0 Å². The highest BCUT2D eigenvalue weighted by atomic mass is 16.3. The molecule has 116 valence electrons. The van der Waals surface area contributed by atoms with Crippen molar-refractivity contribution >= 4 is 11.6 Å². The molecule has 2 unspecified atom stereocenters. The summed E-state index contributed by atoms with van der Waals surface area (Å²) >= 11 is 0. The van der Waals surface area contributed by atoms with Crippen molar-refractivity contribution in [1.29, 1.82) is 0 Å². The van der Waals surface area contributed by atoms with Crippen LogP contribution in [0.25, 0.3) is 0 Å². The van der Waals surface area contributed by atoms with Crippen LogP contribution in [0.4, 0.5) is 5.69 Å². The van der Waals surface area contributed by atoms with Crippen LogP contribution in [0.1, 0.15) is 45.1 Å². The number of anilines is 1. The van der Waals surface area contributed by atoms with Crippen LogP contribution in [0, 0.1) is 17.8 Å². The highest BCUT2D eigenvalue weighted by Gasteiger charge is 2.37. The zero-order valence-electron chi connectivity index (χ0n) is 13.3. The number of aliphatic hydroxyl groups is 1. The van der Waals surface area contributed by atoms with Gasteiger partial charge in [-0.1, -0.05) is 30.4 Å². The Kier molecular flexibility index (Phi) is 5.05. The molecule has 0 radical (unpaired) electrons. The number of benzene rings is 1. The third kappa shape index (κ3) is 3.99. The molecule has 1 aromatic carbocycles. The number of nitrogens with one attached hydrogen (secondary N) is 1. The zero-order chi connectivity index (χ0) is 16.2. The van der Waals surface area contributed by atoms with Gasteiger partial charge < -0.3 is 10.4 Å². The van der Waals surface area contributed by atoms with Crippen molar-refractivity contribution in [3.8, 4) is 11.8 Å². The molecule has 22 heavy (non-hydrogen) atoms. The van der Waals surface area contributed by atoms with E-state index < -0.39 is 5.60 Å². The van der Waals surface area contributed by atoms with E-state index in [2.05, 4.69) is 23.7 Å². The summed E-state index contributed by atoms with van der Waals surface area (Å²) in [5.74, 6) is 6.08. The summed E-state index contributed by atoms with van der Waals surface area (Å²) in [7, 11) is 0. The molecule has 2 atom stereocenters. The number of carbonyl (C=O) groups excluding carboxylic acids is 1. The lowest BCUT2D eigenvalue weighted by Gasteiger charge is -2.36. The van der Waals surface area contributed by atoms with Gasteiger partial charge in [0.2, 0.25) is 5.91 Å². The third-order valence-electron chi connectivity index (χ3n) is 4.10. The fourth-order valence-corrected chi connectivity index (χ4v) is 2.98. The van der Waals surface area contributed by atoms with E-state index in [0.717, 1.165) is 36.1 Å². The molecule has 2 N–H and O–H groups in total. The molecule has 2 rings (SSSR count). The molecular formula is C19H23NO2. The molecule has 0 aromatic heterocycles. The molecule has 1 fully saturated rings. The molecule has 0 bridgehead atoms. The predicted octanol–water partition coefficient (Wildman–Crippen LogP) is 3.49. The second kappa shape index (κ2) is 6.81. The first-order valence-corrected chi connectivity index (χ1v) is 7.69. The lowest BCUT2D eigenvalue weighted by molar-refractivity contribution is -0.114. The molecule has 1 aliphatic carbocycles. The molecule has 1 aromatic rings. The Morgan fingerprint density at radius 2 is 2.00 bits per heavy atom. The van der Waals surface area contributed by atoms with Crippen molar-refractivity contribution in [3.05, 3.63) is 42.0 Å². The number of hydrogen-bond donors (Lipinski definition) is 2. The van der Waals surface area contributed by atoms with Crippen LogP contribution in [0.15, 0.2) is 36.4 Å². The summed E-state index contributed by atoms with van der Waals surface area (Å²) in [6.45, 7) is 7.44. The minimum Gasteiger partial charge on any atom is -0.377 e. The van der Waals surface area contributed by atoms with Gasteiger partial charge in [0.15, 0.2) is 0 Å². The topological polar surface area (TPSA) is 49.3 Å². The quantitative estimate of drug-likeness (QED) is 0.648. The Morgan fingerprint density at radius 1 is 1.32 bits per heavy atom. The van der Waals surface area contributed by atoms with E-state index in [1.807, 2.05) is 31.2 Å². The third-order valence-corrected chi connectivity index (χ3v) is 4.10. The lowest BCUT2D eigenvalue weighted by Crippen LogP contribution is -2.39. The van der Waals surface area contributed by atoms with E-state index in [4.69, 9.17) is 0 Å².